The number of amides is 1. The molecule has 1 aliphatic rings. The van der Waals surface area contributed by atoms with Gasteiger partial charge in [-0.1, -0.05) is 46.4 Å². The molecule has 0 atom stereocenters. The van der Waals surface area contributed by atoms with E-state index < -0.39 is 0 Å². The number of allylic oxidation sites excluding steroid dienone is 1. The molecule has 0 spiro atoms. The molecule has 0 aliphatic carbocycles. The van der Waals surface area contributed by atoms with E-state index in [-0.39, 0.29) is 5.91 Å². The van der Waals surface area contributed by atoms with Crippen LogP contribution in [0.25, 0.3) is 0 Å². The topological polar surface area (TPSA) is 23.6 Å². The first-order valence-electron chi connectivity index (χ1n) is 6.23. The van der Waals surface area contributed by atoms with E-state index in [1.54, 1.807) is 0 Å². The quantitative estimate of drug-likeness (QED) is 0.732. The summed E-state index contributed by atoms with van der Waals surface area (Å²) in [6.07, 6.45) is 7.17. The summed E-state index contributed by atoms with van der Waals surface area (Å²) in [5, 5.41) is 3.32. The molecular formula is C14H26N2O. The Balaban J connectivity index is 0. The van der Waals surface area contributed by atoms with E-state index in [1.807, 2.05) is 64.9 Å². The Morgan fingerprint density at radius 1 is 1.29 bits per heavy atom. The van der Waals surface area contributed by atoms with Gasteiger partial charge in [0.05, 0.1) is 6.54 Å². The van der Waals surface area contributed by atoms with Gasteiger partial charge in [-0.3, -0.25) is 9.80 Å². The minimum atomic E-state index is -0.0145. The third-order valence-electron chi connectivity index (χ3n) is 1.90. The maximum absolute atomic E-state index is 11.6. The number of hydrogen-bond acceptors (Lipinski definition) is 2. The van der Waals surface area contributed by atoms with Crippen molar-refractivity contribution in [3.63, 3.8) is 0 Å². The first-order chi connectivity index (χ1) is 8.20. The Labute approximate surface area is 106 Å². The molecule has 3 heteroatoms. The molecule has 0 N–H and O–H groups in total. The summed E-state index contributed by atoms with van der Waals surface area (Å²) < 4.78 is 0. The number of carbonyl (C=O) groups excluding carboxylic acids is 1. The normalized spacial score (nSPS) is 14.5. The van der Waals surface area contributed by atoms with Crippen LogP contribution < -0.4 is 0 Å². The van der Waals surface area contributed by atoms with Crippen LogP contribution in [0.2, 0.25) is 0 Å². The van der Waals surface area contributed by atoms with Gasteiger partial charge < -0.3 is 0 Å². The zero-order valence-corrected chi connectivity index (χ0v) is 12.0. The highest BCUT2D eigenvalue weighted by molar-refractivity contribution is 5.93. The van der Waals surface area contributed by atoms with Crippen molar-refractivity contribution in [2.45, 2.75) is 41.5 Å². The standard InChI is InChI=1S/C10H14N2O.2C2H6/c1-4-7-11-8-6-9(3)10(13)12(11)5-2;2*1-2/h4-7H,2,8H2,1,3H3;2*1-2H3/b7-4-;;. The van der Waals surface area contributed by atoms with Crippen LogP contribution in [0.4, 0.5) is 0 Å². The van der Waals surface area contributed by atoms with Gasteiger partial charge >= 0.3 is 0 Å². The summed E-state index contributed by atoms with van der Waals surface area (Å²) in [5.74, 6) is -0.0145. The van der Waals surface area contributed by atoms with Crippen molar-refractivity contribution in [2.24, 2.45) is 0 Å². The van der Waals surface area contributed by atoms with Gasteiger partial charge in [-0.25, -0.2) is 5.01 Å². The second-order valence-electron chi connectivity index (χ2n) is 2.82. The van der Waals surface area contributed by atoms with Crippen molar-refractivity contribution in [3.05, 3.63) is 36.7 Å². The van der Waals surface area contributed by atoms with Crippen LogP contribution in [0, 0.1) is 0 Å². The molecule has 98 valence electrons. The van der Waals surface area contributed by atoms with Crippen LogP contribution in [-0.4, -0.2) is 22.5 Å². The SMILES string of the molecule is C=CN1C(=O)C(C)=CCN1/C=C\C.CC.CC. The highest BCUT2D eigenvalue weighted by Gasteiger charge is 2.20. The zero-order chi connectivity index (χ0) is 13.8. The summed E-state index contributed by atoms with van der Waals surface area (Å²) >= 11 is 0. The molecule has 1 aliphatic heterocycles. The van der Waals surface area contributed by atoms with E-state index in [2.05, 4.69) is 6.58 Å². The van der Waals surface area contributed by atoms with Gasteiger partial charge in [-0.2, -0.15) is 0 Å². The predicted molar refractivity (Wildman–Crippen MR) is 75.0 cm³/mol. The van der Waals surface area contributed by atoms with Crippen molar-refractivity contribution in [3.8, 4) is 0 Å². The second-order valence-corrected chi connectivity index (χ2v) is 2.82. The van der Waals surface area contributed by atoms with Gasteiger partial charge in [0, 0.05) is 18.0 Å². The summed E-state index contributed by atoms with van der Waals surface area (Å²) in [5.41, 5.74) is 0.764. The minimum Gasteiger partial charge on any atom is -0.282 e. The average Bonchev–Trinajstić information content (AvgIpc) is 2.39. The van der Waals surface area contributed by atoms with Crippen LogP contribution in [0.5, 0.6) is 0 Å². The highest BCUT2D eigenvalue weighted by Crippen LogP contribution is 2.12. The molecule has 0 aromatic heterocycles. The lowest BCUT2D eigenvalue weighted by molar-refractivity contribution is -0.135. The number of carbonyl (C=O) groups is 1. The Bertz CT molecular complexity index is 280. The van der Waals surface area contributed by atoms with Gasteiger partial charge in [-0.15, -0.1) is 0 Å². The molecule has 1 rings (SSSR count). The Kier molecular flexibility index (Phi) is 11.6. The minimum absolute atomic E-state index is 0.0145. The van der Waals surface area contributed by atoms with E-state index in [9.17, 15) is 4.79 Å². The van der Waals surface area contributed by atoms with Crippen molar-refractivity contribution >= 4 is 5.91 Å². The molecule has 0 aromatic rings. The van der Waals surface area contributed by atoms with Crippen molar-refractivity contribution < 1.29 is 4.79 Å². The number of hydrazine groups is 1. The van der Waals surface area contributed by atoms with E-state index in [0.29, 0.717) is 6.54 Å². The van der Waals surface area contributed by atoms with Gasteiger partial charge in [0.25, 0.3) is 5.91 Å². The molecular weight excluding hydrogens is 212 g/mol. The molecule has 0 unspecified atom stereocenters. The molecule has 1 heterocycles. The smallest absolute Gasteiger partial charge is 0.271 e. The highest BCUT2D eigenvalue weighted by atomic mass is 16.2. The second kappa shape index (κ2) is 11.0. The molecule has 1 amide bonds. The summed E-state index contributed by atoms with van der Waals surface area (Å²) in [7, 11) is 0. The monoisotopic (exact) mass is 238 g/mol. The number of hydrogen-bond donors (Lipinski definition) is 0. The largest absolute Gasteiger partial charge is 0.282 e. The fourth-order valence-electron chi connectivity index (χ4n) is 1.20. The summed E-state index contributed by atoms with van der Waals surface area (Å²) in [6, 6.07) is 0. The first-order valence-corrected chi connectivity index (χ1v) is 6.23. The molecule has 0 bridgehead atoms. The molecule has 0 aromatic carbocycles. The lowest BCUT2D eigenvalue weighted by Gasteiger charge is -2.33. The van der Waals surface area contributed by atoms with Crippen LogP contribution in [0.3, 0.4) is 0 Å². The fourth-order valence-corrected chi connectivity index (χ4v) is 1.20. The van der Waals surface area contributed by atoms with Gasteiger partial charge in [0.15, 0.2) is 0 Å². The Morgan fingerprint density at radius 3 is 2.24 bits per heavy atom. The Hall–Kier alpha value is -1.51. The van der Waals surface area contributed by atoms with Crippen molar-refractivity contribution in [2.75, 3.05) is 6.54 Å². The lowest BCUT2D eigenvalue weighted by Crippen LogP contribution is -2.43. The lowest BCUT2D eigenvalue weighted by atomic mass is 10.2. The molecule has 0 radical (unpaired) electrons. The van der Waals surface area contributed by atoms with E-state index in [0.717, 1.165) is 5.57 Å². The first kappa shape index (κ1) is 17.9. The van der Waals surface area contributed by atoms with Gasteiger partial charge in [0.1, 0.15) is 0 Å². The van der Waals surface area contributed by atoms with Gasteiger partial charge in [0.2, 0.25) is 0 Å². The van der Waals surface area contributed by atoms with Crippen LogP contribution in [-0.2, 0) is 4.79 Å². The zero-order valence-electron chi connectivity index (χ0n) is 12.0. The number of rotatable bonds is 2. The molecule has 3 nitrogen and oxygen atoms in total. The van der Waals surface area contributed by atoms with E-state index in [1.165, 1.54) is 11.2 Å². The van der Waals surface area contributed by atoms with Crippen molar-refractivity contribution in [1.82, 2.24) is 10.0 Å². The molecule has 17 heavy (non-hydrogen) atoms. The number of nitrogens with zero attached hydrogens (tertiary/aromatic N) is 2. The third-order valence-corrected chi connectivity index (χ3v) is 1.90. The fraction of sp³-hybridized carbons (Fsp3) is 0.500. The van der Waals surface area contributed by atoms with E-state index >= 15 is 0 Å². The Morgan fingerprint density at radius 2 is 1.82 bits per heavy atom. The van der Waals surface area contributed by atoms with Crippen LogP contribution in [0.15, 0.2) is 36.7 Å². The average molecular weight is 238 g/mol. The summed E-state index contributed by atoms with van der Waals surface area (Å²) in [6.45, 7) is 16.0. The van der Waals surface area contributed by atoms with Crippen LogP contribution >= 0.6 is 0 Å². The van der Waals surface area contributed by atoms with E-state index in [4.69, 9.17) is 0 Å². The molecule has 0 fully saturated rings. The predicted octanol–water partition coefficient (Wildman–Crippen LogP) is 3.72. The molecule has 0 saturated heterocycles. The maximum atomic E-state index is 11.6. The molecule has 0 saturated carbocycles. The third kappa shape index (κ3) is 5.38. The van der Waals surface area contributed by atoms with Crippen molar-refractivity contribution in [1.29, 1.82) is 0 Å². The van der Waals surface area contributed by atoms with Gasteiger partial charge in [-0.05, 0) is 13.8 Å². The van der Waals surface area contributed by atoms with Crippen LogP contribution in [0.1, 0.15) is 41.5 Å². The summed E-state index contributed by atoms with van der Waals surface area (Å²) in [4.78, 5) is 11.6. The maximum Gasteiger partial charge on any atom is 0.271 e.